The molecule has 1 aromatic heterocycles. The van der Waals surface area contributed by atoms with Gasteiger partial charge in [-0.3, -0.25) is 0 Å². The van der Waals surface area contributed by atoms with Crippen LogP contribution in [0.1, 0.15) is 0 Å². The van der Waals surface area contributed by atoms with E-state index in [0.717, 1.165) is 0 Å². The largest absolute Gasteiger partial charge is 0.228 e. The lowest BCUT2D eigenvalue weighted by Gasteiger charge is -2.00. The normalized spacial score (nSPS) is 14.5. The molecule has 2 heterocycles. The molecule has 1 aliphatic rings. The quantitative estimate of drug-likeness (QED) is 0.601. The molecule has 0 aliphatic carbocycles. The highest BCUT2D eigenvalue weighted by molar-refractivity contribution is 8.77. The first-order chi connectivity index (χ1) is 5.43. The molecule has 0 unspecified atom stereocenters. The number of hydrogen-bond donors (Lipinski definition) is 0. The molecule has 1 aliphatic heterocycles. The van der Waals surface area contributed by atoms with Crippen molar-refractivity contribution in [1.29, 1.82) is 0 Å². The van der Waals surface area contributed by atoms with Crippen molar-refractivity contribution in [2.45, 2.75) is 9.24 Å². The van der Waals surface area contributed by atoms with Crippen molar-refractivity contribution < 1.29 is 0 Å². The Labute approximate surface area is 75.6 Å². The van der Waals surface area contributed by atoms with Gasteiger partial charge in [0, 0.05) is 4.90 Å². The average Bonchev–Trinajstić information content (AvgIpc) is 2.42. The van der Waals surface area contributed by atoms with Crippen LogP contribution in [-0.2, 0) is 0 Å². The highest BCUT2D eigenvalue weighted by atomic mass is 33.1. The molecule has 0 fully saturated rings. The number of thiazole rings is 1. The van der Waals surface area contributed by atoms with Gasteiger partial charge in [-0.1, -0.05) is 6.07 Å². The van der Waals surface area contributed by atoms with E-state index >= 15 is 0 Å². The minimum absolute atomic E-state index is 1.18. The van der Waals surface area contributed by atoms with Gasteiger partial charge < -0.3 is 0 Å². The van der Waals surface area contributed by atoms with Crippen LogP contribution in [0.2, 0.25) is 0 Å². The van der Waals surface area contributed by atoms with E-state index in [4.69, 9.17) is 0 Å². The van der Waals surface area contributed by atoms with Gasteiger partial charge in [-0.15, -0.1) is 11.3 Å². The molecule has 1 aromatic carbocycles. The fourth-order valence-corrected chi connectivity index (χ4v) is 4.55. The van der Waals surface area contributed by atoms with Gasteiger partial charge >= 0.3 is 0 Å². The third kappa shape index (κ3) is 0.832. The summed E-state index contributed by atoms with van der Waals surface area (Å²) in [5, 5.41) is 0. The summed E-state index contributed by atoms with van der Waals surface area (Å²) < 4.78 is 2.50. The minimum Gasteiger partial charge on any atom is -0.228 e. The predicted molar refractivity (Wildman–Crippen MR) is 51.3 cm³/mol. The summed E-state index contributed by atoms with van der Waals surface area (Å²) in [7, 11) is 3.57. The number of hydrogen-bond acceptors (Lipinski definition) is 4. The van der Waals surface area contributed by atoms with Crippen LogP contribution in [0.3, 0.4) is 0 Å². The summed E-state index contributed by atoms with van der Waals surface area (Å²) in [5.74, 6) is 0. The number of rotatable bonds is 0. The van der Waals surface area contributed by atoms with Crippen LogP contribution >= 0.6 is 32.9 Å². The van der Waals surface area contributed by atoms with E-state index in [0.29, 0.717) is 0 Å². The SMILES string of the molecule is c1cc2c3nc(sc3c1)SS2. The van der Waals surface area contributed by atoms with E-state index in [1.807, 2.05) is 10.8 Å². The summed E-state index contributed by atoms with van der Waals surface area (Å²) in [5.41, 5.74) is 1.19. The first-order valence-electron chi connectivity index (χ1n) is 3.17. The Bertz CT molecular complexity index is 421. The Morgan fingerprint density at radius 1 is 1.18 bits per heavy atom. The Morgan fingerprint density at radius 3 is 3.18 bits per heavy atom. The second-order valence-electron chi connectivity index (χ2n) is 2.25. The van der Waals surface area contributed by atoms with Gasteiger partial charge in [-0.25, -0.2) is 4.98 Å². The average molecular weight is 197 g/mol. The van der Waals surface area contributed by atoms with Crippen LogP contribution < -0.4 is 0 Å². The minimum atomic E-state index is 1.18. The monoisotopic (exact) mass is 197 g/mol. The molecule has 0 amide bonds. The molecule has 2 bridgehead atoms. The summed E-state index contributed by atoms with van der Waals surface area (Å²) in [6, 6.07) is 6.35. The summed E-state index contributed by atoms with van der Waals surface area (Å²) >= 11 is 1.78. The van der Waals surface area contributed by atoms with Crippen molar-refractivity contribution in [2.24, 2.45) is 0 Å². The molecule has 0 saturated carbocycles. The molecule has 11 heavy (non-hydrogen) atoms. The molecule has 4 heteroatoms. The van der Waals surface area contributed by atoms with Crippen LogP contribution in [0.25, 0.3) is 10.2 Å². The zero-order valence-electron chi connectivity index (χ0n) is 5.40. The summed E-state index contributed by atoms with van der Waals surface area (Å²) in [6.07, 6.45) is 0. The third-order valence-electron chi connectivity index (χ3n) is 1.57. The zero-order chi connectivity index (χ0) is 7.26. The van der Waals surface area contributed by atoms with Crippen LogP contribution in [0.15, 0.2) is 27.4 Å². The van der Waals surface area contributed by atoms with Gasteiger partial charge in [0.2, 0.25) is 0 Å². The van der Waals surface area contributed by atoms with Crippen molar-refractivity contribution >= 4 is 43.1 Å². The first kappa shape index (κ1) is 6.34. The second-order valence-corrected chi connectivity index (χ2v) is 5.70. The van der Waals surface area contributed by atoms with Gasteiger partial charge in [-0.05, 0) is 33.7 Å². The maximum Gasteiger partial charge on any atom is 0.162 e. The Morgan fingerprint density at radius 2 is 2.18 bits per heavy atom. The molecule has 54 valence electrons. The second kappa shape index (κ2) is 2.15. The van der Waals surface area contributed by atoms with Crippen molar-refractivity contribution in [3.8, 4) is 0 Å². The van der Waals surface area contributed by atoms with Crippen LogP contribution in [0.4, 0.5) is 0 Å². The Hall–Kier alpha value is -0.190. The van der Waals surface area contributed by atoms with Crippen molar-refractivity contribution in [3.63, 3.8) is 0 Å². The van der Waals surface area contributed by atoms with Gasteiger partial charge in [0.05, 0.1) is 10.2 Å². The number of benzene rings is 1. The Kier molecular flexibility index (Phi) is 1.24. The smallest absolute Gasteiger partial charge is 0.162 e. The third-order valence-corrected chi connectivity index (χ3v) is 5.29. The topological polar surface area (TPSA) is 12.9 Å². The van der Waals surface area contributed by atoms with Crippen LogP contribution in [0, 0.1) is 0 Å². The lowest BCUT2D eigenvalue weighted by Crippen LogP contribution is -1.76. The van der Waals surface area contributed by atoms with Gasteiger partial charge in [0.25, 0.3) is 0 Å². The van der Waals surface area contributed by atoms with Crippen molar-refractivity contribution in [2.75, 3.05) is 0 Å². The lowest BCUT2D eigenvalue weighted by atomic mass is 10.3. The van der Waals surface area contributed by atoms with E-state index < -0.39 is 0 Å². The number of para-hydroxylation sites is 1. The number of fused-ring (bicyclic) bond motifs is 1. The fraction of sp³-hybridized carbons (Fsp3) is 0. The molecule has 0 atom stereocenters. The maximum atomic E-state index is 4.46. The first-order valence-corrected chi connectivity index (χ1v) is 6.14. The van der Waals surface area contributed by atoms with E-state index in [1.54, 1.807) is 22.1 Å². The number of aromatic nitrogens is 1. The highest BCUT2D eigenvalue weighted by Crippen LogP contribution is 2.48. The zero-order valence-corrected chi connectivity index (χ0v) is 7.85. The molecule has 0 radical (unpaired) electrons. The standard InChI is InChI=1S/C7H3NS3/c1-2-4-6-5(3-1)10-11-7(8-6)9-4/h1-3H. The van der Waals surface area contributed by atoms with E-state index in [-0.39, 0.29) is 0 Å². The molecular weight excluding hydrogens is 194 g/mol. The molecule has 0 spiro atoms. The molecule has 0 saturated heterocycles. The number of nitrogens with zero attached hydrogens (tertiary/aromatic N) is 1. The highest BCUT2D eigenvalue weighted by Gasteiger charge is 2.14. The summed E-state index contributed by atoms with van der Waals surface area (Å²) in [4.78, 5) is 5.77. The lowest BCUT2D eigenvalue weighted by molar-refractivity contribution is 1.27. The van der Waals surface area contributed by atoms with E-state index in [2.05, 4.69) is 23.2 Å². The van der Waals surface area contributed by atoms with E-state index in [9.17, 15) is 0 Å². The van der Waals surface area contributed by atoms with Crippen LogP contribution in [0.5, 0.6) is 0 Å². The van der Waals surface area contributed by atoms with Gasteiger partial charge in [0.1, 0.15) is 0 Å². The molecule has 1 nitrogen and oxygen atoms in total. The Balaban J connectivity index is 2.61. The van der Waals surface area contributed by atoms with Crippen molar-refractivity contribution in [1.82, 2.24) is 4.98 Å². The van der Waals surface area contributed by atoms with Gasteiger partial charge in [0.15, 0.2) is 4.34 Å². The molecule has 3 rings (SSSR count). The summed E-state index contributed by atoms with van der Waals surface area (Å²) in [6.45, 7) is 0. The van der Waals surface area contributed by atoms with E-state index in [1.165, 1.54) is 19.5 Å². The van der Waals surface area contributed by atoms with Crippen LogP contribution in [-0.4, -0.2) is 4.98 Å². The predicted octanol–water partition coefficient (Wildman–Crippen LogP) is 3.41. The van der Waals surface area contributed by atoms with Gasteiger partial charge in [-0.2, -0.15) is 0 Å². The molecule has 2 aromatic rings. The molecular formula is C7H3NS3. The maximum absolute atomic E-state index is 4.46. The van der Waals surface area contributed by atoms with Crippen molar-refractivity contribution in [3.05, 3.63) is 18.2 Å². The fourth-order valence-electron chi connectivity index (χ4n) is 1.09. The molecule has 0 N–H and O–H groups in total.